The van der Waals surface area contributed by atoms with Crippen molar-refractivity contribution < 1.29 is 23.1 Å². The maximum absolute atomic E-state index is 12.5. The molecular formula is C8H13F3N2O2. The van der Waals surface area contributed by atoms with E-state index >= 15 is 0 Å². The summed E-state index contributed by atoms with van der Waals surface area (Å²) in [5, 5.41) is 11.1. The lowest BCUT2D eigenvalue weighted by Crippen LogP contribution is -2.58. The van der Waals surface area contributed by atoms with Crippen molar-refractivity contribution in [1.82, 2.24) is 10.2 Å². The summed E-state index contributed by atoms with van der Waals surface area (Å²) >= 11 is 0. The van der Waals surface area contributed by atoms with E-state index in [0.29, 0.717) is 6.54 Å². The highest BCUT2D eigenvalue weighted by Crippen LogP contribution is 2.25. The molecule has 0 aliphatic carbocycles. The van der Waals surface area contributed by atoms with E-state index < -0.39 is 18.2 Å². The number of carboxylic acids is 1. The minimum atomic E-state index is -4.30. The van der Waals surface area contributed by atoms with E-state index in [-0.39, 0.29) is 26.1 Å². The maximum Gasteiger partial charge on any atom is 0.405 e. The summed E-state index contributed by atoms with van der Waals surface area (Å²) in [6.45, 7) is 0.480. The molecule has 0 bridgehead atoms. The van der Waals surface area contributed by atoms with Gasteiger partial charge in [0.1, 0.15) is 6.04 Å². The van der Waals surface area contributed by atoms with Gasteiger partial charge >= 0.3 is 12.1 Å². The van der Waals surface area contributed by atoms with Crippen molar-refractivity contribution in [3.8, 4) is 0 Å². The topological polar surface area (TPSA) is 52.6 Å². The summed E-state index contributed by atoms with van der Waals surface area (Å²) in [6, 6.07) is -1.56. The van der Waals surface area contributed by atoms with Gasteiger partial charge in [-0.15, -0.1) is 0 Å². The minimum absolute atomic E-state index is 0.0544. The van der Waals surface area contributed by atoms with Gasteiger partial charge in [0.2, 0.25) is 0 Å². The number of nitrogens with one attached hydrogen (secondary N) is 1. The molecule has 0 spiro atoms. The lowest BCUT2D eigenvalue weighted by atomic mass is 10.1. The Balaban J connectivity index is 2.54. The normalized spacial score (nSPS) is 24.1. The molecule has 88 valence electrons. The summed E-state index contributed by atoms with van der Waals surface area (Å²) in [4.78, 5) is 11.4. The summed E-state index contributed by atoms with van der Waals surface area (Å²) < 4.78 is 37.5. The predicted molar refractivity (Wildman–Crippen MR) is 46.5 cm³/mol. The molecule has 1 heterocycles. The number of hydrogen-bond donors (Lipinski definition) is 2. The quantitative estimate of drug-likeness (QED) is 0.726. The van der Waals surface area contributed by atoms with Gasteiger partial charge in [0.05, 0.1) is 6.42 Å². The Morgan fingerprint density at radius 2 is 2.20 bits per heavy atom. The molecule has 7 heteroatoms. The molecule has 1 saturated heterocycles. The van der Waals surface area contributed by atoms with Gasteiger partial charge in [0.25, 0.3) is 0 Å². The largest absolute Gasteiger partial charge is 0.481 e. The monoisotopic (exact) mass is 226 g/mol. The summed E-state index contributed by atoms with van der Waals surface area (Å²) in [5.74, 6) is -1.07. The molecule has 0 saturated carbocycles. The van der Waals surface area contributed by atoms with Gasteiger partial charge in [0.15, 0.2) is 0 Å². The molecule has 1 aliphatic rings. The van der Waals surface area contributed by atoms with Crippen molar-refractivity contribution in [2.24, 2.45) is 0 Å². The zero-order valence-electron chi connectivity index (χ0n) is 8.05. The first-order chi connectivity index (χ1) is 6.91. The third-order valence-electron chi connectivity index (χ3n) is 2.34. The molecule has 0 aromatic rings. The van der Waals surface area contributed by atoms with Crippen LogP contribution in [-0.2, 0) is 4.79 Å². The third kappa shape index (κ3) is 3.67. The Kier molecular flexibility index (Phi) is 3.92. The van der Waals surface area contributed by atoms with E-state index in [0.717, 1.165) is 0 Å². The first kappa shape index (κ1) is 12.3. The van der Waals surface area contributed by atoms with Crippen LogP contribution < -0.4 is 5.32 Å². The van der Waals surface area contributed by atoms with Gasteiger partial charge in [0, 0.05) is 26.2 Å². The lowest BCUT2D eigenvalue weighted by molar-refractivity contribution is -0.187. The second kappa shape index (κ2) is 4.80. The van der Waals surface area contributed by atoms with Crippen LogP contribution in [0.1, 0.15) is 6.42 Å². The summed E-state index contributed by atoms with van der Waals surface area (Å²) in [7, 11) is 0. The SMILES string of the molecule is O=C(O)CCN1CCNCC1C(F)(F)F. The molecule has 0 radical (unpaired) electrons. The van der Waals surface area contributed by atoms with E-state index in [1.54, 1.807) is 0 Å². The van der Waals surface area contributed by atoms with Crippen LogP contribution in [0.15, 0.2) is 0 Å². The first-order valence-corrected chi connectivity index (χ1v) is 4.64. The van der Waals surface area contributed by atoms with Gasteiger partial charge in [-0.3, -0.25) is 9.69 Å². The lowest BCUT2D eigenvalue weighted by Gasteiger charge is -2.36. The average Bonchev–Trinajstić information content (AvgIpc) is 2.13. The highest BCUT2D eigenvalue weighted by molar-refractivity contribution is 5.66. The minimum Gasteiger partial charge on any atom is -0.481 e. The molecule has 0 aromatic heterocycles. The number of aliphatic carboxylic acids is 1. The second-order valence-electron chi connectivity index (χ2n) is 3.44. The molecule has 1 rings (SSSR count). The molecule has 1 aliphatic heterocycles. The molecule has 1 fully saturated rings. The van der Waals surface area contributed by atoms with Crippen molar-refractivity contribution in [3.63, 3.8) is 0 Å². The summed E-state index contributed by atoms with van der Waals surface area (Å²) in [5.41, 5.74) is 0. The van der Waals surface area contributed by atoms with Crippen LogP contribution in [0.3, 0.4) is 0 Å². The van der Waals surface area contributed by atoms with Crippen molar-refractivity contribution >= 4 is 5.97 Å². The van der Waals surface area contributed by atoms with Gasteiger partial charge in [-0.1, -0.05) is 0 Å². The maximum atomic E-state index is 12.5. The zero-order valence-corrected chi connectivity index (χ0v) is 8.05. The molecule has 2 N–H and O–H groups in total. The van der Waals surface area contributed by atoms with Crippen molar-refractivity contribution in [1.29, 1.82) is 0 Å². The van der Waals surface area contributed by atoms with Crippen LogP contribution >= 0.6 is 0 Å². The van der Waals surface area contributed by atoms with Gasteiger partial charge in [-0.2, -0.15) is 13.2 Å². The highest BCUT2D eigenvalue weighted by Gasteiger charge is 2.44. The third-order valence-corrected chi connectivity index (χ3v) is 2.34. The Morgan fingerprint density at radius 1 is 1.53 bits per heavy atom. The van der Waals surface area contributed by atoms with Crippen LogP contribution in [-0.4, -0.2) is 54.4 Å². The molecular weight excluding hydrogens is 213 g/mol. The zero-order chi connectivity index (χ0) is 11.5. The van der Waals surface area contributed by atoms with Crippen LogP contribution in [0.2, 0.25) is 0 Å². The van der Waals surface area contributed by atoms with Crippen LogP contribution in [0.5, 0.6) is 0 Å². The van der Waals surface area contributed by atoms with Crippen LogP contribution in [0.25, 0.3) is 0 Å². The summed E-state index contributed by atoms with van der Waals surface area (Å²) in [6.07, 6.45) is -4.56. The Bertz CT molecular complexity index is 232. The smallest absolute Gasteiger partial charge is 0.405 e. The Morgan fingerprint density at radius 3 is 2.73 bits per heavy atom. The fraction of sp³-hybridized carbons (Fsp3) is 0.875. The van der Waals surface area contributed by atoms with E-state index in [1.807, 2.05) is 0 Å². The Labute approximate surface area is 85.1 Å². The van der Waals surface area contributed by atoms with Crippen molar-refractivity contribution in [3.05, 3.63) is 0 Å². The first-order valence-electron chi connectivity index (χ1n) is 4.64. The second-order valence-corrected chi connectivity index (χ2v) is 3.44. The predicted octanol–water partition coefficient (Wildman–Crippen LogP) is 0.297. The molecule has 1 unspecified atom stereocenters. The molecule has 0 amide bonds. The highest BCUT2D eigenvalue weighted by atomic mass is 19.4. The Hall–Kier alpha value is -0.820. The number of alkyl halides is 3. The number of piperazine rings is 1. The van der Waals surface area contributed by atoms with Gasteiger partial charge < -0.3 is 10.4 Å². The molecule has 15 heavy (non-hydrogen) atoms. The fourth-order valence-corrected chi connectivity index (χ4v) is 1.58. The van der Waals surface area contributed by atoms with Gasteiger partial charge in [-0.25, -0.2) is 0 Å². The van der Waals surface area contributed by atoms with E-state index in [2.05, 4.69) is 5.32 Å². The average molecular weight is 226 g/mol. The molecule has 1 atom stereocenters. The van der Waals surface area contributed by atoms with Crippen LogP contribution in [0.4, 0.5) is 13.2 Å². The van der Waals surface area contributed by atoms with Crippen molar-refractivity contribution in [2.45, 2.75) is 18.6 Å². The number of halogens is 3. The van der Waals surface area contributed by atoms with Crippen LogP contribution in [0, 0.1) is 0 Å². The van der Waals surface area contributed by atoms with E-state index in [9.17, 15) is 18.0 Å². The fourth-order valence-electron chi connectivity index (χ4n) is 1.58. The standard InChI is InChI=1S/C8H13F3N2O2/c9-8(10,11)6-5-12-2-4-13(6)3-1-7(14)15/h6,12H,1-5H2,(H,14,15). The number of carbonyl (C=O) groups is 1. The van der Waals surface area contributed by atoms with Crippen molar-refractivity contribution in [2.75, 3.05) is 26.2 Å². The van der Waals surface area contributed by atoms with Gasteiger partial charge in [-0.05, 0) is 0 Å². The number of carboxylic acid groups (broad SMARTS) is 1. The number of rotatable bonds is 3. The van der Waals surface area contributed by atoms with E-state index in [1.165, 1.54) is 4.90 Å². The van der Waals surface area contributed by atoms with E-state index in [4.69, 9.17) is 5.11 Å². The molecule has 4 nitrogen and oxygen atoms in total. The number of hydrogen-bond acceptors (Lipinski definition) is 3. The number of nitrogens with zero attached hydrogens (tertiary/aromatic N) is 1. The molecule has 0 aromatic carbocycles.